The highest BCUT2D eigenvalue weighted by Crippen LogP contribution is 2.18. The van der Waals surface area contributed by atoms with Crippen LogP contribution in [0.1, 0.15) is 47.0 Å². The quantitative estimate of drug-likeness (QED) is 0.690. The molecule has 0 aromatic rings. The van der Waals surface area contributed by atoms with Crippen LogP contribution in [0.2, 0.25) is 0 Å². The summed E-state index contributed by atoms with van der Waals surface area (Å²) < 4.78 is 5.31. The first-order valence-electron chi connectivity index (χ1n) is 5.41. The van der Waals surface area contributed by atoms with Gasteiger partial charge in [-0.2, -0.15) is 0 Å². The first-order chi connectivity index (χ1) is 6.42. The van der Waals surface area contributed by atoms with Gasteiger partial charge in [0.15, 0.2) is 0 Å². The van der Waals surface area contributed by atoms with Crippen molar-refractivity contribution in [2.45, 2.75) is 64.6 Å². The number of hydrogen-bond acceptors (Lipinski definition) is 3. The average Bonchev–Trinajstić information content (AvgIpc) is 2.48. The first-order valence-corrected chi connectivity index (χ1v) is 5.41. The Morgan fingerprint density at radius 3 is 2.50 bits per heavy atom. The Morgan fingerprint density at radius 2 is 2.07 bits per heavy atom. The van der Waals surface area contributed by atoms with E-state index in [0.717, 1.165) is 19.3 Å². The van der Waals surface area contributed by atoms with E-state index < -0.39 is 0 Å². The second kappa shape index (κ2) is 4.30. The van der Waals surface area contributed by atoms with Crippen molar-refractivity contribution in [3.8, 4) is 0 Å². The maximum absolute atomic E-state index is 11.6. The molecule has 0 aliphatic carbocycles. The Morgan fingerprint density at radius 1 is 1.43 bits per heavy atom. The Kier molecular flexibility index (Phi) is 3.53. The van der Waals surface area contributed by atoms with Crippen LogP contribution in [0.25, 0.3) is 0 Å². The van der Waals surface area contributed by atoms with Crippen LogP contribution < -0.4 is 5.32 Å². The van der Waals surface area contributed by atoms with Crippen molar-refractivity contribution in [2.24, 2.45) is 0 Å². The van der Waals surface area contributed by atoms with E-state index in [0.29, 0.717) is 6.04 Å². The summed E-state index contributed by atoms with van der Waals surface area (Å²) in [5.41, 5.74) is -0.372. The largest absolute Gasteiger partial charge is 0.459 e. The molecule has 1 aliphatic rings. The molecular formula is C11H21NO2. The Balaban J connectivity index is 2.40. The molecule has 0 aromatic carbocycles. The highest BCUT2D eigenvalue weighted by atomic mass is 16.6. The molecule has 0 saturated carbocycles. The number of carbonyl (C=O) groups excluding carboxylic acids is 1. The van der Waals surface area contributed by atoms with Gasteiger partial charge >= 0.3 is 5.97 Å². The molecule has 1 heterocycles. The lowest BCUT2D eigenvalue weighted by atomic mass is 10.1. The molecule has 1 saturated heterocycles. The zero-order chi connectivity index (χ0) is 10.8. The lowest BCUT2D eigenvalue weighted by molar-refractivity contribution is -0.157. The van der Waals surface area contributed by atoms with E-state index in [1.165, 1.54) is 0 Å². The van der Waals surface area contributed by atoms with Crippen molar-refractivity contribution in [2.75, 3.05) is 0 Å². The van der Waals surface area contributed by atoms with Crippen LogP contribution >= 0.6 is 0 Å². The molecule has 1 aliphatic heterocycles. The normalized spacial score (nSPS) is 27.7. The third-order valence-corrected chi connectivity index (χ3v) is 2.42. The van der Waals surface area contributed by atoms with Crippen LogP contribution in [-0.4, -0.2) is 23.7 Å². The van der Waals surface area contributed by atoms with Crippen LogP contribution in [0.3, 0.4) is 0 Å². The maximum atomic E-state index is 11.6. The molecule has 0 amide bonds. The lowest BCUT2D eigenvalue weighted by Gasteiger charge is -2.22. The minimum Gasteiger partial charge on any atom is -0.459 e. The van der Waals surface area contributed by atoms with Crippen LogP contribution in [-0.2, 0) is 9.53 Å². The molecular weight excluding hydrogens is 178 g/mol. The van der Waals surface area contributed by atoms with Gasteiger partial charge in [-0.3, -0.25) is 4.79 Å². The van der Waals surface area contributed by atoms with Gasteiger partial charge in [0.2, 0.25) is 0 Å². The second-order valence-corrected chi connectivity index (χ2v) is 4.94. The molecule has 0 spiro atoms. The lowest BCUT2D eigenvalue weighted by Crippen LogP contribution is -2.39. The van der Waals surface area contributed by atoms with Gasteiger partial charge < -0.3 is 10.1 Å². The molecule has 0 aromatic heterocycles. The summed E-state index contributed by atoms with van der Waals surface area (Å²) in [6, 6.07) is 0.409. The molecule has 1 N–H and O–H groups in total. The van der Waals surface area contributed by atoms with E-state index in [9.17, 15) is 4.79 Å². The van der Waals surface area contributed by atoms with Crippen molar-refractivity contribution >= 4 is 5.97 Å². The monoisotopic (exact) mass is 199 g/mol. The Labute approximate surface area is 86.2 Å². The minimum absolute atomic E-state index is 0.0841. The van der Waals surface area contributed by atoms with Gasteiger partial charge in [-0.1, -0.05) is 6.92 Å². The summed E-state index contributed by atoms with van der Waals surface area (Å²) >= 11 is 0. The van der Waals surface area contributed by atoms with E-state index in [-0.39, 0.29) is 17.6 Å². The van der Waals surface area contributed by atoms with E-state index in [1.807, 2.05) is 20.8 Å². The summed E-state index contributed by atoms with van der Waals surface area (Å²) in [4.78, 5) is 11.6. The first kappa shape index (κ1) is 11.5. The fraction of sp³-hybridized carbons (Fsp3) is 0.909. The van der Waals surface area contributed by atoms with Crippen molar-refractivity contribution in [1.29, 1.82) is 0 Å². The molecule has 2 atom stereocenters. The summed E-state index contributed by atoms with van der Waals surface area (Å²) in [6.45, 7) is 7.83. The van der Waals surface area contributed by atoms with Crippen LogP contribution in [0.15, 0.2) is 0 Å². The van der Waals surface area contributed by atoms with E-state index in [4.69, 9.17) is 4.74 Å². The van der Waals surface area contributed by atoms with Gasteiger partial charge in [-0.15, -0.1) is 0 Å². The molecule has 14 heavy (non-hydrogen) atoms. The maximum Gasteiger partial charge on any atom is 0.323 e. The number of carbonyl (C=O) groups is 1. The van der Waals surface area contributed by atoms with Crippen molar-refractivity contribution in [3.05, 3.63) is 0 Å². The SMILES string of the molecule is CCC1CCC(C(=O)OC(C)(C)C)N1. The zero-order valence-corrected chi connectivity index (χ0v) is 9.59. The fourth-order valence-corrected chi connectivity index (χ4v) is 1.70. The van der Waals surface area contributed by atoms with Gasteiger partial charge in [0, 0.05) is 6.04 Å². The van der Waals surface area contributed by atoms with E-state index >= 15 is 0 Å². The van der Waals surface area contributed by atoms with Crippen molar-refractivity contribution in [1.82, 2.24) is 5.32 Å². The third kappa shape index (κ3) is 3.29. The Bertz CT molecular complexity index is 208. The topological polar surface area (TPSA) is 38.3 Å². The molecule has 0 bridgehead atoms. The van der Waals surface area contributed by atoms with Crippen molar-refractivity contribution in [3.63, 3.8) is 0 Å². The summed E-state index contributed by atoms with van der Waals surface area (Å²) in [6.07, 6.45) is 3.08. The Hall–Kier alpha value is -0.570. The number of hydrogen-bond donors (Lipinski definition) is 1. The van der Waals surface area contributed by atoms with Gasteiger partial charge in [0.1, 0.15) is 11.6 Å². The van der Waals surface area contributed by atoms with Gasteiger partial charge in [0.25, 0.3) is 0 Å². The van der Waals surface area contributed by atoms with Gasteiger partial charge in [-0.05, 0) is 40.0 Å². The number of esters is 1. The molecule has 1 fully saturated rings. The average molecular weight is 199 g/mol. The van der Waals surface area contributed by atoms with Crippen LogP contribution in [0.5, 0.6) is 0 Å². The van der Waals surface area contributed by atoms with Gasteiger partial charge in [-0.25, -0.2) is 0 Å². The number of ether oxygens (including phenoxy) is 1. The number of rotatable bonds is 2. The summed E-state index contributed by atoms with van der Waals surface area (Å²) in [7, 11) is 0. The minimum atomic E-state index is -0.372. The smallest absolute Gasteiger partial charge is 0.323 e. The van der Waals surface area contributed by atoms with Crippen molar-refractivity contribution < 1.29 is 9.53 Å². The molecule has 0 radical (unpaired) electrons. The van der Waals surface area contributed by atoms with E-state index in [1.54, 1.807) is 0 Å². The number of nitrogens with one attached hydrogen (secondary N) is 1. The fourth-order valence-electron chi connectivity index (χ4n) is 1.70. The standard InChI is InChI=1S/C11H21NO2/c1-5-8-6-7-9(12-8)10(13)14-11(2,3)4/h8-9,12H,5-7H2,1-4H3. The molecule has 2 unspecified atom stereocenters. The van der Waals surface area contributed by atoms with Crippen LogP contribution in [0, 0.1) is 0 Å². The predicted molar refractivity (Wildman–Crippen MR) is 56.1 cm³/mol. The highest BCUT2D eigenvalue weighted by molar-refractivity contribution is 5.76. The van der Waals surface area contributed by atoms with E-state index in [2.05, 4.69) is 12.2 Å². The second-order valence-electron chi connectivity index (χ2n) is 4.94. The summed E-state index contributed by atoms with van der Waals surface area (Å²) in [5.74, 6) is -0.103. The summed E-state index contributed by atoms with van der Waals surface area (Å²) in [5, 5.41) is 3.29. The van der Waals surface area contributed by atoms with Crippen LogP contribution in [0.4, 0.5) is 0 Å². The van der Waals surface area contributed by atoms with Gasteiger partial charge in [0.05, 0.1) is 0 Å². The predicted octanol–water partition coefficient (Wildman–Crippen LogP) is 1.86. The molecule has 82 valence electrons. The third-order valence-electron chi connectivity index (χ3n) is 2.42. The molecule has 3 nitrogen and oxygen atoms in total. The highest BCUT2D eigenvalue weighted by Gasteiger charge is 2.31. The zero-order valence-electron chi connectivity index (χ0n) is 9.59. The molecule has 3 heteroatoms. The molecule has 1 rings (SSSR count).